The molecule has 0 aromatic heterocycles. The molecule has 3 heterocycles. The lowest BCUT2D eigenvalue weighted by molar-refractivity contribution is -0.121. The molecule has 2 unspecified atom stereocenters. The van der Waals surface area contributed by atoms with Gasteiger partial charge in [-0.3, -0.25) is 20.2 Å². The maximum atomic E-state index is 12.0. The van der Waals surface area contributed by atoms with Crippen LogP contribution in [0.5, 0.6) is 0 Å². The number of rotatable bonds is 2. The Bertz CT molecular complexity index is 983. The van der Waals surface area contributed by atoms with Gasteiger partial charge in [0.1, 0.15) is 17.4 Å². The number of nitrogens with one attached hydrogen (secondary N) is 4. The SMILES string of the molecule is O=C1N=c2ccc(C3NC(=O)NC3=O)c(C3NC(=O)NC3=O)c2=N1. The van der Waals surface area contributed by atoms with Crippen molar-refractivity contribution in [1.82, 2.24) is 21.3 Å². The summed E-state index contributed by atoms with van der Waals surface area (Å²) in [6.07, 6.45) is 0. The Morgan fingerprint density at radius 2 is 1.42 bits per heavy atom. The highest BCUT2D eigenvalue weighted by Crippen LogP contribution is 2.24. The fourth-order valence-electron chi connectivity index (χ4n) is 2.85. The highest BCUT2D eigenvalue weighted by atomic mass is 16.2. The number of urea groups is 3. The number of hydrogen-bond donors (Lipinski definition) is 4. The zero-order valence-corrected chi connectivity index (χ0v) is 11.7. The van der Waals surface area contributed by atoms with Gasteiger partial charge in [-0.2, -0.15) is 9.98 Å². The molecule has 0 bridgehead atoms. The van der Waals surface area contributed by atoms with E-state index in [1.807, 2.05) is 0 Å². The van der Waals surface area contributed by atoms with Crippen molar-refractivity contribution in [3.63, 3.8) is 0 Å². The Labute approximate surface area is 132 Å². The first kappa shape index (κ1) is 14.0. The minimum atomic E-state index is -1.15. The zero-order valence-electron chi connectivity index (χ0n) is 11.7. The normalized spacial score (nSPS) is 24.6. The predicted molar refractivity (Wildman–Crippen MR) is 73.0 cm³/mol. The molecule has 0 aliphatic carbocycles. The van der Waals surface area contributed by atoms with Crippen LogP contribution in [-0.4, -0.2) is 29.9 Å². The second kappa shape index (κ2) is 4.68. The van der Waals surface area contributed by atoms with Crippen molar-refractivity contribution in [3.05, 3.63) is 34.0 Å². The van der Waals surface area contributed by atoms with Crippen molar-refractivity contribution in [3.8, 4) is 0 Å². The molecule has 3 aliphatic heterocycles. The number of imide groups is 2. The predicted octanol–water partition coefficient (Wildman–Crippen LogP) is -2.18. The fraction of sp³-hybridized carbons (Fsp3) is 0.154. The molecule has 2 fully saturated rings. The number of amides is 8. The molecule has 24 heavy (non-hydrogen) atoms. The highest BCUT2D eigenvalue weighted by molar-refractivity contribution is 6.06. The molecule has 0 saturated carbocycles. The van der Waals surface area contributed by atoms with Crippen LogP contribution in [0.15, 0.2) is 22.1 Å². The maximum Gasteiger partial charge on any atom is 0.368 e. The number of benzene rings is 1. The molecule has 4 N–H and O–H groups in total. The molecule has 11 nitrogen and oxygen atoms in total. The van der Waals surface area contributed by atoms with Crippen molar-refractivity contribution < 1.29 is 24.0 Å². The second-order valence-electron chi connectivity index (χ2n) is 5.23. The summed E-state index contributed by atoms with van der Waals surface area (Å²) in [5.74, 6) is -1.28. The highest BCUT2D eigenvalue weighted by Gasteiger charge is 2.39. The van der Waals surface area contributed by atoms with Crippen LogP contribution in [0.25, 0.3) is 0 Å². The number of nitrogens with zero attached hydrogens (tertiary/aromatic N) is 2. The topological polar surface area (TPSA) is 158 Å². The lowest BCUT2D eigenvalue weighted by Gasteiger charge is -2.16. The van der Waals surface area contributed by atoms with E-state index in [0.717, 1.165) is 0 Å². The van der Waals surface area contributed by atoms with Gasteiger partial charge in [0.25, 0.3) is 11.8 Å². The van der Waals surface area contributed by atoms with E-state index in [9.17, 15) is 24.0 Å². The van der Waals surface area contributed by atoms with E-state index in [4.69, 9.17) is 0 Å². The molecule has 120 valence electrons. The average Bonchev–Trinajstić information content (AvgIpc) is 3.14. The summed E-state index contributed by atoms with van der Waals surface area (Å²) in [6, 6.07) is -1.47. The maximum absolute atomic E-state index is 12.0. The van der Waals surface area contributed by atoms with Gasteiger partial charge >= 0.3 is 18.1 Å². The smallest absolute Gasteiger partial charge is 0.322 e. The van der Waals surface area contributed by atoms with E-state index in [-0.39, 0.29) is 21.8 Å². The van der Waals surface area contributed by atoms with Crippen LogP contribution in [0.4, 0.5) is 14.4 Å². The molecule has 0 radical (unpaired) electrons. The first-order valence-electron chi connectivity index (χ1n) is 6.81. The molecule has 1 aromatic rings. The van der Waals surface area contributed by atoms with E-state index in [1.54, 1.807) is 0 Å². The monoisotopic (exact) mass is 328 g/mol. The molecular weight excluding hydrogens is 320 g/mol. The minimum absolute atomic E-state index is 0.0915. The zero-order chi connectivity index (χ0) is 17.0. The van der Waals surface area contributed by atoms with Crippen LogP contribution >= 0.6 is 0 Å². The third kappa shape index (κ3) is 1.95. The van der Waals surface area contributed by atoms with Crippen molar-refractivity contribution >= 4 is 29.9 Å². The quantitative estimate of drug-likeness (QED) is 0.454. The van der Waals surface area contributed by atoms with Gasteiger partial charge in [0.05, 0.1) is 5.36 Å². The lowest BCUT2D eigenvalue weighted by Crippen LogP contribution is -2.37. The molecule has 4 rings (SSSR count). The summed E-state index contributed by atoms with van der Waals surface area (Å²) < 4.78 is 0. The van der Waals surface area contributed by atoms with Gasteiger partial charge in [-0.25, -0.2) is 14.4 Å². The van der Waals surface area contributed by atoms with Crippen molar-refractivity contribution in [2.45, 2.75) is 12.1 Å². The van der Waals surface area contributed by atoms with Gasteiger partial charge in [0.2, 0.25) is 0 Å². The number of hydrogen-bond acceptors (Lipinski definition) is 5. The van der Waals surface area contributed by atoms with Crippen LogP contribution < -0.4 is 32.0 Å². The van der Waals surface area contributed by atoms with Crippen LogP contribution in [0.1, 0.15) is 23.2 Å². The van der Waals surface area contributed by atoms with E-state index >= 15 is 0 Å². The van der Waals surface area contributed by atoms with Gasteiger partial charge in [-0.1, -0.05) is 6.07 Å². The molecule has 1 aromatic carbocycles. The summed E-state index contributed by atoms with van der Waals surface area (Å²) in [5, 5.41) is 9.27. The van der Waals surface area contributed by atoms with Gasteiger partial charge in [0, 0.05) is 5.56 Å². The van der Waals surface area contributed by atoms with E-state index in [2.05, 4.69) is 31.3 Å². The summed E-state index contributed by atoms with van der Waals surface area (Å²) >= 11 is 0. The van der Waals surface area contributed by atoms with E-state index < -0.39 is 42.0 Å². The molecule has 0 spiro atoms. The third-order valence-corrected chi connectivity index (χ3v) is 3.80. The second-order valence-corrected chi connectivity index (χ2v) is 5.23. The number of fused-ring (bicyclic) bond motifs is 1. The van der Waals surface area contributed by atoms with Crippen LogP contribution in [0.3, 0.4) is 0 Å². The van der Waals surface area contributed by atoms with E-state index in [1.165, 1.54) is 12.1 Å². The minimum Gasteiger partial charge on any atom is -0.322 e. The summed E-state index contributed by atoms with van der Waals surface area (Å²) in [4.78, 5) is 65.8. The summed E-state index contributed by atoms with van der Waals surface area (Å²) in [6.45, 7) is 0. The first-order chi connectivity index (χ1) is 11.4. The Balaban J connectivity index is 1.96. The molecule has 2 atom stereocenters. The van der Waals surface area contributed by atoms with Crippen molar-refractivity contribution in [2.24, 2.45) is 9.98 Å². The standard InChI is InChI=1S/C13H8N6O5/c20-9-6(15-12(23)18-9)3-1-2-4-7(16-11(22)14-4)5(3)8-10(21)19-13(24)17-8/h1-2,6,8H,(H2,15,18,20,23)(H2,17,19,21,24). The Morgan fingerprint density at radius 3 is 2.00 bits per heavy atom. The first-order valence-corrected chi connectivity index (χ1v) is 6.81. The third-order valence-electron chi connectivity index (χ3n) is 3.80. The Kier molecular flexibility index (Phi) is 2.73. The van der Waals surface area contributed by atoms with Crippen LogP contribution in [-0.2, 0) is 9.59 Å². The Hall–Kier alpha value is -3.63. The van der Waals surface area contributed by atoms with Crippen LogP contribution in [0, 0.1) is 0 Å². The number of carbonyl (C=O) groups excluding carboxylic acids is 5. The Morgan fingerprint density at radius 1 is 0.792 bits per heavy atom. The molecule has 2 saturated heterocycles. The molecule has 8 amide bonds. The summed E-state index contributed by atoms with van der Waals surface area (Å²) in [5.41, 5.74) is 0.390. The molecule has 11 heteroatoms. The van der Waals surface area contributed by atoms with Gasteiger partial charge in [0.15, 0.2) is 0 Å². The largest absolute Gasteiger partial charge is 0.368 e. The summed E-state index contributed by atoms with van der Waals surface area (Å²) in [7, 11) is 0. The van der Waals surface area contributed by atoms with Crippen LogP contribution in [0.2, 0.25) is 0 Å². The average molecular weight is 328 g/mol. The lowest BCUT2D eigenvalue weighted by atomic mass is 9.94. The fourth-order valence-corrected chi connectivity index (χ4v) is 2.85. The van der Waals surface area contributed by atoms with Gasteiger partial charge in [-0.15, -0.1) is 0 Å². The van der Waals surface area contributed by atoms with Gasteiger partial charge < -0.3 is 10.6 Å². The van der Waals surface area contributed by atoms with E-state index in [0.29, 0.717) is 0 Å². The van der Waals surface area contributed by atoms with Crippen molar-refractivity contribution in [2.75, 3.05) is 0 Å². The van der Waals surface area contributed by atoms with Gasteiger partial charge in [-0.05, 0) is 11.6 Å². The number of carbonyl (C=O) groups is 5. The van der Waals surface area contributed by atoms with Crippen molar-refractivity contribution in [1.29, 1.82) is 0 Å². The molecule has 3 aliphatic rings. The molecular formula is C13H8N6O5.